The Morgan fingerprint density at radius 3 is 2.70 bits per heavy atom. The monoisotopic (exact) mass is 319 g/mol. The molecule has 0 fully saturated rings. The maximum absolute atomic E-state index is 12.3. The van der Waals surface area contributed by atoms with E-state index in [1.807, 2.05) is 26.0 Å². The molecule has 126 valence electrons. The predicted octanol–water partition coefficient (Wildman–Crippen LogP) is 1.22. The normalized spacial score (nSPS) is 13.7. The van der Waals surface area contributed by atoms with Crippen LogP contribution in [0.25, 0.3) is 0 Å². The van der Waals surface area contributed by atoms with E-state index in [0.717, 1.165) is 17.4 Å². The molecule has 3 N–H and O–H groups in total. The number of benzene rings is 1. The number of rotatable bonds is 6. The average molecular weight is 319 g/mol. The van der Waals surface area contributed by atoms with Gasteiger partial charge in [-0.15, -0.1) is 0 Å². The molecule has 2 rings (SSSR count). The van der Waals surface area contributed by atoms with Crippen LogP contribution in [0.2, 0.25) is 0 Å². The zero-order valence-corrected chi connectivity index (χ0v) is 14.0. The number of nitrogens with one attached hydrogen (secondary N) is 1. The largest absolute Gasteiger partial charge is 0.359 e. The van der Waals surface area contributed by atoms with Gasteiger partial charge in [0, 0.05) is 32.1 Å². The van der Waals surface area contributed by atoms with Gasteiger partial charge >= 0.3 is 0 Å². The molecule has 0 radical (unpaired) electrons. The summed E-state index contributed by atoms with van der Waals surface area (Å²) in [5.41, 5.74) is 8.05. The number of hydrogen-bond acceptors (Lipinski definition) is 4. The minimum atomic E-state index is -0.580. The standard InChI is InChI=1S/C15H19N3O3.C2H6/c1-17-14(20)5-3-12(9-19)18-8-11-6-10(7-16)2-4-13(11)15(18)21;1-2/h2,4,6,9,12H,3,5,7-8,16H2,1H3,(H,17,20);1-2H3. The maximum atomic E-state index is 12.3. The van der Waals surface area contributed by atoms with Crippen molar-refractivity contribution < 1.29 is 14.4 Å². The topological polar surface area (TPSA) is 92.5 Å². The van der Waals surface area contributed by atoms with Crippen molar-refractivity contribution in [2.24, 2.45) is 5.73 Å². The third-order valence-corrected chi connectivity index (χ3v) is 3.74. The molecule has 6 heteroatoms. The highest BCUT2D eigenvalue weighted by Crippen LogP contribution is 2.26. The fourth-order valence-corrected chi connectivity index (χ4v) is 2.49. The molecule has 1 unspecified atom stereocenters. The summed E-state index contributed by atoms with van der Waals surface area (Å²) in [6.45, 7) is 4.80. The van der Waals surface area contributed by atoms with Gasteiger partial charge in [-0.1, -0.05) is 26.0 Å². The highest BCUT2D eigenvalue weighted by molar-refractivity contribution is 5.99. The van der Waals surface area contributed by atoms with Crippen molar-refractivity contribution in [3.63, 3.8) is 0 Å². The Labute approximate surface area is 137 Å². The summed E-state index contributed by atoms with van der Waals surface area (Å²) >= 11 is 0. The van der Waals surface area contributed by atoms with Crippen LogP contribution in [0.15, 0.2) is 18.2 Å². The van der Waals surface area contributed by atoms with Crippen LogP contribution in [0.4, 0.5) is 0 Å². The summed E-state index contributed by atoms with van der Waals surface area (Å²) in [7, 11) is 1.55. The van der Waals surface area contributed by atoms with Gasteiger partial charge in [0.1, 0.15) is 6.29 Å². The van der Waals surface area contributed by atoms with Crippen molar-refractivity contribution in [3.8, 4) is 0 Å². The molecule has 1 heterocycles. The van der Waals surface area contributed by atoms with E-state index in [-0.39, 0.29) is 18.2 Å². The van der Waals surface area contributed by atoms with Gasteiger partial charge in [-0.25, -0.2) is 0 Å². The van der Waals surface area contributed by atoms with E-state index < -0.39 is 6.04 Å². The smallest absolute Gasteiger partial charge is 0.255 e. The van der Waals surface area contributed by atoms with Crippen molar-refractivity contribution in [1.82, 2.24) is 10.2 Å². The molecule has 23 heavy (non-hydrogen) atoms. The first-order valence-corrected chi connectivity index (χ1v) is 7.89. The lowest BCUT2D eigenvalue weighted by Gasteiger charge is -2.22. The fraction of sp³-hybridized carbons (Fsp3) is 0.471. The molecule has 0 aromatic heterocycles. The van der Waals surface area contributed by atoms with Crippen LogP contribution in [0, 0.1) is 0 Å². The number of nitrogens with two attached hydrogens (primary N) is 1. The minimum Gasteiger partial charge on any atom is -0.359 e. The Hall–Kier alpha value is -2.21. The van der Waals surface area contributed by atoms with Gasteiger partial charge in [0.05, 0.1) is 6.04 Å². The molecule has 1 aromatic rings. The van der Waals surface area contributed by atoms with Crippen LogP contribution in [-0.2, 0) is 22.7 Å². The molecule has 1 atom stereocenters. The zero-order valence-electron chi connectivity index (χ0n) is 14.0. The van der Waals surface area contributed by atoms with Crippen LogP contribution < -0.4 is 11.1 Å². The molecule has 6 nitrogen and oxygen atoms in total. The SMILES string of the molecule is CC.CNC(=O)CCC(C=O)N1Cc2cc(CN)ccc2C1=O. The second-order valence-electron chi connectivity index (χ2n) is 5.04. The number of hydrogen-bond donors (Lipinski definition) is 2. The second-order valence-corrected chi connectivity index (χ2v) is 5.04. The molecular weight excluding hydrogens is 294 g/mol. The summed E-state index contributed by atoms with van der Waals surface area (Å²) < 4.78 is 0. The number of fused-ring (bicyclic) bond motifs is 1. The number of aldehydes is 1. The van der Waals surface area contributed by atoms with Gasteiger partial charge in [0.2, 0.25) is 5.91 Å². The fourth-order valence-electron chi connectivity index (χ4n) is 2.49. The van der Waals surface area contributed by atoms with Gasteiger partial charge in [0.15, 0.2) is 0 Å². The van der Waals surface area contributed by atoms with Gasteiger partial charge in [-0.05, 0) is 23.6 Å². The Morgan fingerprint density at radius 2 is 2.13 bits per heavy atom. The zero-order chi connectivity index (χ0) is 17.4. The van der Waals surface area contributed by atoms with E-state index in [9.17, 15) is 14.4 Å². The van der Waals surface area contributed by atoms with Crippen molar-refractivity contribution in [2.45, 2.75) is 45.8 Å². The molecule has 0 spiro atoms. The second kappa shape index (κ2) is 9.05. The summed E-state index contributed by atoms with van der Waals surface area (Å²) in [6, 6.07) is 4.89. The average Bonchev–Trinajstić information content (AvgIpc) is 2.93. The van der Waals surface area contributed by atoms with E-state index in [1.54, 1.807) is 13.1 Å². The summed E-state index contributed by atoms with van der Waals surface area (Å²) in [6.07, 6.45) is 1.28. The first-order chi connectivity index (χ1) is 11.1. The molecular formula is C17H25N3O3. The highest BCUT2D eigenvalue weighted by Gasteiger charge is 2.32. The van der Waals surface area contributed by atoms with E-state index >= 15 is 0 Å². The minimum absolute atomic E-state index is 0.142. The first kappa shape index (κ1) is 18.8. The molecule has 1 aliphatic heterocycles. The molecule has 2 amide bonds. The lowest BCUT2D eigenvalue weighted by molar-refractivity contribution is -0.121. The van der Waals surface area contributed by atoms with E-state index in [4.69, 9.17) is 5.73 Å². The van der Waals surface area contributed by atoms with E-state index in [2.05, 4.69) is 5.32 Å². The van der Waals surface area contributed by atoms with Crippen molar-refractivity contribution >= 4 is 18.1 Å². The van der Waals surface area contributed by atoms with Crippen LogP contribution in [0.5, 0.6) is 0 Å². The molecule has 0 aliphatic carbocycles. The number of nitrogens with zero attached hydrogens (tertiary/aromatic N) is 1. The third kappa shape index (κ3) is 4.39. The van der Waals surface area contributed by atoms with Crippen LogP contribution in [0.1, 0.15) is 48.2 Å². The number of amides is 2. The maximum Gasteiger partial charge on any atom is 0.255 e. The number of carbonyl (C=O) groups excluding carboxylic acids is 3. The quantitative estimate of drug-likeness (QED) is 0.771. The van der Waals surface area contributed by atoms with Gasteiger partial charge in [-0.3, -0.25) is 9.59 Å². The van der Waals surface area contributed by atoms with Gasteiger partial charge < -0.3 is 20.7 Å². The first-order valence-electron chi connectivity index (χ1n) is 7.89. The Balaban J connectivity index is 0.00000127. The van der Waals surface area contributed by atoms with Crippen LogP contribution in [0.3, 0.4) is 0 Å². The van der Waals surface area contributed by atoms with Gasteiger partial charge in [0.25, 0.3) is 5.91 Å². The highest BCUT2D eigenvalue weighted by atomic mass is 16.2. The lowest BCUT2D eigenvalue weighted by Crippen LogP contribution is -2.37. The molecule has 0 bridgehead atoms. The molecule has 1 aromatic carbocycles. The summed E-state index contributed by atoms with van der Waals surface area (Å²) in [5.74, 6) is -0.306. The molecule has 0 saturated heterocycles. The van der Waals surface area contributed by atoms with Crippen molar-refractivity contribution in [3.05, 3.63) is 34.9 Å². The Kier molecular flexibility index (Phi) is 7.41. The number of carbonyl (C=O) groups is 3. The third-order valence-electron chi connectivity index (χ3n) is 3.74. The van der Waals surface area contributed by atoms with Crippen molar-refractivity contribution in [2.75, 3.05) is 7.05 Å². The Morgan fingerprint density at radius 1 is 1.43 bits per heavy atom. The van der Waals surface area contributed by atoms with Crippen molar-refractivity contribution in [1.29, 1.82) is 0 Å². The summed E-state index contributed by atoms with van der Waals surface area (Å²) in [5, 5.41) is 2.51. The molecule has 0 saturated carbocycles. The van der Waals surface area contributed by atoms with Gasteiger partial charge in [-0.2, -0.15) is 0 Å². The lowest BCUT2D eigenvalue weighted by atomic mass is 10.1. The van der Waals surface area contributed by atoms with E-state index in [0.29, 0.717) is 25.1 Å². The predicted molar refractivity (Wildman–Crippen MR) is 88.7 cm³/mol. The van der Waals surface area contributed by atoms with Crippen LogP contribution >= 0.6 is 0 Å². The summed E-state index contributed by atoms with van der Waals surface area (Å²) in [4.78, 5) is 36.4. The Bertz CT molecular complexity index is 572. The molecule has 1 aliphatic rings. The van der Waals surface area contributed by atoms with E-state index in [1.165, 1.54) is 4.90 Å². The van der Waals surface area contributed by atoms with Crippen LogP contribution in [-0.4, -0.2) is 36.1 Å².